The van der Waals surface area contributed by atoms with Gasteiger partial charge >= 0.3 is 30.1 Å². The van der Waals surface area contributed by atoms with Gasteiger partial charge in [-0.2, -0.15) is 0 Å². The van der Waals surface area contributed by atoms with Crippen molar-refractivity contribution in [2.75, 3.05) is 26.4 Å². The molecule has 0 aromatic heterocycles. The SMILES string of the molecule is CC(C)C(=O)O[C@@H]1[C@@H](Cc2ccccc2)COC[C@H](NC(=O)OC(C)(C)C)C(=O)O[C@H]1C.C[C@@H]1OC(=O)[C@@H](NC(=O)OC(C)(C)C)COC[C@H](Cc2ccccc2)[C@H]1O. The number of benzene rings is 2. The Kier molecular flexibility index (Phi) is 18.6. The molecule has 2 aliphatic heterocycles. The van der Waals surface area contributed by atoms with E-state index in [-0.39, 0.29) is 50.2 Å². The Hall–Kier alpha value is -4.73. The molecule has 2 aromatic carbocycles. The van der Waals surface area contributed by atoms with Crippen LogP contribution in [0.25, 0.3) is 0 Å². The lowest BCUT2D eigenvalue weighted by molar-refractivity contribution is -0.173. The lowest BCUT2D eigenvalue weighted by Gasteiger charge is -2.31. The summed E-state index contributed by atoms with van der Waals surface area (Å²) in [6.07, 6.45) is -3.33. The van der Waals surface area contributed by atoms with E-state index in [4.69, 9.17) is 33.2 Å². The van der Waals surface area contributed by atoms with Crippen molar-refractivity contribution in [1.82, 2.24) is 10.6 Å². The van der Waals surface area contributed by atoms with Crippen molar-refractivity contribution >= 4 is 30.1 Å². The molecule has 2 heterocycles. The summed E-state index contributed by atoms with van der Waals surface area (Å²) < 4.78 is 38.6. The number of nitrogens with one attached hydrogen (secondary N) is 2. The molecule has 2 aromatic rings. The van der Waals surface area contributed by atoms with Crippen LogP contribution in [0.3, 0.4) is 0 Å². The van der Waals surface area contributed by atoms with E-state index in [1.165, 1.54) is 0 Å². The molecule has 15 nitrogen and oxygen atoms in total. The zero-order chi connectivity index (χ0) is 43.9. The van der Waals surface area contributed by atoms with Crippen molar-refractivity contribution in [3.05, 3.63) is 71.8 Å². The van der Waals surface area contributed by atoms with Gasteiger partial charge < -0.3 is 48.9 Å². The van der Waals surface area contributed by atoms with Crippen molar-refractivity contribution in [2.24, 2.45) is 17.8 Å². The van der Waals surface area contributed by atoms with Crippen LogP contribution >= 0.6 is 0 Å². The Morgan fingerprint density at radius 2 is 1.08 bits per heavy atom. The highest BCUT2D eigenvalue weighted by Gasteiger charge is 2.38. The predicted molar refractivity (Wildman–Crippen MR) is 217 cm³/mol. The number of carbonyl (C=O) groups excluding carboxylic acids is 5. The molecular weight excluding hydrogens is 764 g/mol. The van der Waals surface area contributed by atoms with Gasteiger partial charge in [0.25, 0.3) is 0 Å². The van der Waals surface area contributed by atoms with Crippen molar-refractivity contribution in [1.29, 1.82) is 0 Å². The number of aliphatic hydroxyl groups excluding tert-OH is 1. The standard InChI is InChI=1S/C24H35NO7.C20H29NO6/c1-15(2)21(26)31-20-16(3)30-22(27)19(25-23(28)32-24(4,5)6)14-29-13-18(20)12-17-10-8-7-9-11-17;1-13-17(22)15(10-14-8-6-5-7-9-14)11-25-12-16(18(23)26-13)21-19(24)27-20(2,3)4/h7-11,15-16,18-20H,12-14H2,1-6H3,(H,25,28);5-9,13,15-17,22H,10-12H2,1-4H3,(H,21,24)/t16-,18-,19-,20-;13-,15-,16-,17-/m00/s1. The molecule has 3 N–H and O–H groups in total. The number of alkyl carbamates (subject to hydrolysis) is 2. The highest BCUT2D eigenvalue weighted by Crippen LogP contribution is 2.24. The topological polar surface area (TPSA) is 194 Å². The number of hydrogen-bond donors (Lipinski definition) is 3. The smallest absolute Gasteiger partial charge is 0.408 e. The quantitative estimate of drug-likeness (QED) is 0.229. The molecule has 0 bridgehead atoms. The van der Waals surface area contributed by atoms with Crippen molar-refractivity contribution in [2.45, 2.75) is 130 Å². The number of carbonyl (C=O) groups is 5. The van der Waals surface area contributed by atoms with Crippen LogP contribution in [-0.4, -0.2) is 109 Å². The largest absolute Gasteiger partial charge is 0.458 e. The Labute approximate surface area is 348 Å². The predicted octanol–water partition coefficient (Wildman–Crippen LogP) is 5.33. The first kappa shape index (κ1) is 48.6. The van der Waals surface area contributed by atoms with E-state index in [1.807, 2.05) is 60.7 Å². The summed E-state index contributed by atoms with van der Waals surface area (Å²) >= 11 is 0. The number of amides is 2. The lowest BCUT2D eigenvalue weighted by atomic mass is 9.91. The maximum Gasteiger partial charge on any atom is 0.408 e. The number of cyclic esters (lactones) is 2. The minimum absolute atomic E-state index is 0.0528. The summed E-state index contributed by atoms with van der Waals surface area (Å²) in [4.78, 5) is 61.6. The third kappa shape index (κ3) is 17.6. The Morgan fingerprint density at radius 3 is 1.51 bits per heavy atom. The summed E-state index contributed by atoms with van der Waals surface area (Å²) in [6.45, 7) is 17.5. The highest BCUT2D eigenvalue weighted by molar-refractivity contribution is 5.82. The van der Waals surface area contributed by atoms with E-state index in [1.54, 1.807) is 69.2 Å². The molecule has 2 saturated heterocycles. The van der Waals surface area contributed by atoms with Gasteiger partial charge in [0.05, 0.1) is 38.4 Å². The van der Waals surface area contributed by atoms with Crippen molar-refractivity contribution in [3.63, 3.8) is 0 Å². The van der Waals surface area contributed by atoms with Gasteiger partial charge in [-0.1, -0.05) is 74.5 Å². The van der Waals surface area contributed by atoms with Crippen LogP contribution in [0.1, 0.15) is 80.4 Å². The lowest BCUT2D eigenvalue weighted by Crippen LogP contribution is -2.48. The van der Waals surface area contributed by atoms with Crippen LogP contribution in [-0.2, 0) is 60.4 Å². The number of hydrogen-bond acceptors (Lipinski definition) is 13. The van der Waals surface area contributed by atoms with E-state index in [2.05, 4.69) is 10.6 Å². The van der Waals surface area contributed by atoms with Gasteiger partial charge in [0.1, 0.15) is 29.5 Å². The first-order chi connectivity index (χ1) is 27.6. The number of rotatable bonds is 8. The molecule has 0 unspecified atom stereocenters. The van der Waals surface area contributed by atoms with E-state index in [9.17, 15) is 29.1 Å². The van der Waals surface area contributed by atoms with Crippen LogP contribution in [0.2, 0.25) is 0 Å². The molecule has 2 amide bonds. The van der Waals surface area contributed by atoms with Crippen molar-refractivity contribution in [3.8, 4) is 0 Å². The number of esters is 3. The average molecular weight is 829 g/mol. The van der Waals surface area contributed by atoms with Crippen molar-refractivity contribution < 1.29 is 62.2 Å². The van der Waals surface area contributed by atoms with Crippen LogP contribution in [0.5, 0.6) is 0 Å². The van der Waals surface area contributed by atoms with Gasteiger partial charge in [-0.15, -0.1) is 0 Å². The second kappa shape index (κ2) is 22.6. The highest BCUT2D eigenvalue weighted by atomic mass is 16.6. The fourth-order valence-corrected chi connectivity index (χ4v) is 6.19. The monoisotopic (exact) mass is 828 g/mol. The summed E-state index contributed by atoms with van der Waals surface area (Å²) in [6, 6.07) is 17.5. The summed E-state index contributed by atoms with van der Waals surface area (Å²) in [7, 11) is 0. The molecule has 2 fully saturated rings. The molecule has 0 radical (unpaired) electrons. The molecule has 0 saturated carbocycles. The Bertz CT molecular complexity index is 1640. The zero-order valence-electron chi connectivity index (χ0n) is 36.1. The molecule has 2 aliphatic rings. The van der Waals surface area contributed by atoms with Gasteiger partial charge in [-0.3, -0.25) is 4.79 Å². The fourth-order valence-electron chi connectivity index (χ4n) is 6.19. The second-order valence-electron chi connectivity index (χ2n) is 17.2. The Morgan fingerprint density at radius 1 is 0.678 bits per heavy atom. The normalized spacial score (nSPS) is 25.6. The molecule has 0 aliphatic carbocycles. The maximum absolute atomic E-state index is 12.7. The molecule has 8 atom stereocenters. The second-order valence-corrected chi connectivity index (χ2v) is 17.2. The van der Waals surface area contributed by atoms with Crippen LogP contribution in [0.15, 0.2) is 60.7 Å². The molecule has 328 valence electrons. The molecule has 0 spiro atoms. The van der Waals surface area contributed by atoms with E-state index in [0.29, 0.717) is 12.8 Å². The third-order valence-corrected chi connectivity index (χ3v) is 9.08. The average Bonchev–Trinajstić information content (AvgIpc) is 3.21. The third-order valence-electron chi connectivity index (χ3n) is 9.08. The van der Waals surface area contributed by atoms with Gasteiger partial charge in [0.2, 0.25) is 0 Å². The first-order valence-corrected chi connectivity index (χ1v) is 20.1. The summed E-state index contributed by atoms with van der Waals surface area (Å²) in [5.41, 5.74) is 0.717. The first-order valence-electron chi connectivity index (χ1n) is 20.1. The van der Waals surface area contributed by atoms with E-state index < -0.39 is 71.8 Å². The van der Waals surface area contributed by atoms with Crippen LogP contribution in [0.4, 0.5) is 9.59 Å². The summed E-state index contributed by atoms with van der Waals surface area (Å²) in [5, 5.41) is 15.6. The van der Waals surface area contributed by atoms with Gasteiger partial charge in [0, 0.05) is 11.8 Å². The minimum atomic E-state index is -1.04. The van der Waals surface area contributed by atoms with Gasteiger partial charge in [-0.05, 0) is 79.4 Å². The summed E-state index contributed by atoms with van der Waals surface area (Å²) in [5.74, 6) is -2.52. The van der Waals surface area contributed by atoms with Gasteiger partial charge in [-0.25, -0.2) is 19.2 Å². The number of ether oxygens (including phenoxy) is 7. The molecule has 15 heteroatoms. The van der Waals surface area contributed by atoms with Crippen LogP contribution < -0.4 is 10.6 Å². The molecule has 4 rings (SSSR count). The minimum Gasteiger partial charge on any atom is -0.458 e. The zero-order valence-corrected chi connectivity index (χ0v) is 36.1. The Balaban J connectivity index is 0.000000320. The molecule has 59 heavy (non-hydrogen) atoms. The van der Waals surface area contributed by atoms with E-state index >= 15 is 0 Å². The van der Waals surface area contributed by atoms with Gasteiger partial charge in [0.15, 0.2) is 12.1 Å². The fraction of sp³-hybridized carbons (Fsp3) is 0.614. The number of aliphatic hydroxyl groups is 1. The maximum atomic E-state index is 12.7. The molecular formula is C44H64N2O13. The van der Waals surface area contributed by atoms with E-state index in [0.717, 1.165) is 11.1 Å². The van der Waals surface area contributed by atoms with Crippen LogP contribution in [0, 0.1) is 17.8 Å².